The lowest BCUT2D eigenvalue weighted by Gasteiger charge is -2.38. The van der Waals surface area contributed by atoms with Gasteiger partial charge in [0.25, 0.3) is 0 Å². The summed E-state index contributed by atoms with van der Waals surface area (Å²) in [5.74, 6) is -1.35. The number of carboxylic acids is 1. The first-order valence-corrected chi connectivity index (χ1v) is 4.41. The minimum atomic E-state index is -1.59. The molecule has 2 unspecified atom stereocenters. The third-order valence-electron chi connectivity index (χ3n) is 2.36. The molecular formula is C8H14O6. The maximum atomic E-state index is 10.6. The zero-order valence-electron chi connectivity index (χ0n) is 7.70. The Morgan fingerprint density at radius 2 is 1.79 bits per heavy atom. The van der Waals surface area contributed by atoms with Gasteiger partial charge in [-0.2, -0.15) is 0 Å². The predicted molar refractivity (Wildman–Crippen MR) is 44.6 cm³/mol. The maximum Gasteiger partial charge on any atom is 0.335 e. The number of hydrogen-bond donors (Lipinski definition) is 4. The molecule has 0 aromatic rings. The molecule has 5 atom stereocenters. The van der Waals surface area contributed by atoms with Gasteiger partial charge in [-0.1, -0.05) is 6.92 Å². The van der Waals surface area contributed by atoms with Crippen molar-refractivity contribution in [2.75, 3.05) is 0 Å². The van der Waals surface area contributed by atoms with E-state index >= 15 is 0 Å². The van der Waals surface area contributed by atoms with Crippen molar-refractivity contribution >= 4 is 5.97 Å². The molecule has 0 radical (unpaired) electrons. The van der Waals surface area contributed by atoms with Gasteiger partial charge in [0.1, 0.15) is 18.3 Å². The van der Waals surface area contributed by atoms with E-state index in [0.29, 0.717) is 6.42 Å². The Morgan fingerprint density at radius 1 is 1.21 bits per heavy atom. The Morgan fingerprint density at radius 3 is 2.21 bits per heavy atom. The third kappa shape index (κ3) is 1.88. The first kappa shape index (κ1) is 11.4. The van der Waals surface area contributed by atoms with E-state index < -0.39 is 36.5 Å². The zero-order valence-corrected chi connectivity index (χ0v) is 7.70. The number of aliphatic carboxylic acids is 1. The Balaban J connectivity index is 2.78. The number of hydrogen-bond acceptors (Lipinski definition) is 5. The van der Waals surface area contributed by atoms with Gasteiger partial charge in [0.15, 0.2) is 6.10 Å². The number of carbonyl (C=O) groups is 1. The van der Waals surface area contributed by atoms with Crippen molar-refractivity contribution in [2.45, 2.75) is 43.9 Å². The number of aliphatic hydroxyl groups is 3. The van der Waals surface area contributed by atoms with Crippen molar-refractivity contribution in [3.63, 3.8) is 0 Å². The standard InChI is InChI=1S/C8H14O6/c1-2-3-4(9)5(10)6(11)7(14-3)8(12)13/h3-7,9-11H,2H2,1H3,(H,12,13)/t3-,4?,5+,6+,7?/m0/s1. The van der Waals surface area contributed by atoms with Crippen LogP contribution in [-0.4, -0.2) is 56.9 Å². The van der Waals surface area contributed by atoms with Crippen LogP contribution in [0.1, 0.15) is 13.3 Å². The van der Waals surface area contributed by atoms with E-state index in [0.717, 1.165) is 0 Å². The van der Waals surface area contributed by atoms with Gasteiger partial charge >= 0.3 is 5.97 Å². The number of ether oxygens (including phenoxy) is 1. The van der Waals surface area contributed by atoms with Crippen molar-refractivity contribution in [1.82, 2.24) is 0 Å². The van der Waals surface area contributed by atoms with Crippen molar-refractivity contribution in [3.05, 3.63) is 0 Å². The van der Waals surface area contributed by atoms with Gasteiger partial charge in [0.2, 0.25) is 0 Å². The molecule has 6 nitrogen and oxygen atoms in total. The van der Waals surface area contributed by atoms with Gasteiger partial charge in [-0.3, -0.25) is 0 Å². The highest BCUT2D eigenvalue weighted by molar-refractivity contribution is 5.73. The smallest absolute Gasteiger partial charge is 0.335 e. The molecule has 1 saturated heterocycles. The number of carboxylic acid groups (broad SMARTS) is 1. The summed E-state index contributed by atoms with van der Waals surface area (Å²) in [6, 6.07) is 0. The summed E-state index contributed by atoms with van der Waals surface area (Å²) in [7, 11) is 0. The normalized spacial score (nSPS) is 43.6. The second kappa shape index (κ2) is 4.22. The zero-order chi connectivity index (χ0) is 10.9. The fourth-order valence-electron chi connectivity index (χ4n) is 1.49. The van der Waals surface area contributed by atoms with Crippen LogP contribution in [0.15, 0.2) is 0 Å². The van der Waals surface area contributed by atoms with E-state index in [1.807, 2.05) is 0 Å². The van der Waals surface area contributed by atoms with E-state index in [-0.39, 0.29) is 0 Å². The quantitative estimate of drug-likeness (QED) is 0.430. The van der Waals surface area contributed by atoms with Gasteiger partial charge in [0.05, 0.1) is 6.10 Å². The first-order chi connectivity index (χ1) is 6.49. The molecule has 82 valence electrons. The minimum Gasteiger partial charge on any atom is -0.479 e. The van der Waals surface area contributed by atoms with E-state index in [2.05, 4.69) is 0 Å². The summed E-state index contributed by atoms with van der Waals surface area (Å²) in [5, 5.41) is 36.6. The lowest BCUT2D eigenvalue weighted by molar-refractivity contribution is -0.227. The van der Waals surface area contributed by atoms with Crippen molar-refractivity contribution in [3.8, 4) is 0 Å². The van der Waals surface area contributed by atoms with Crippen LogP contribution >= 0.6 is 0 Å². The Hall–Kier alpha value is -0.690. The molecule has 0 bridgehead atoms. The van der Waals surface area contributed by atoms with Crippen LogP contribution in [0.3, 0.4) is 0 Å². The Kier molecular flexibility index (Phi) is 3.43. The molecule has 1 fully saturated rings. The molecule has 14 heavy (non-hydrogen) atoms. The highest BCUT2D eigenvalue weighted by atomic mass is 16.6. The average Bonchev–Trinajstić information content (AvgIpc) is 2.14. The van der Waals surface area contributed by atoms with Crippen LogP contribution in [-0.2, 0) is 9.53 Å². The highest BCUT2D eigenvalue weighted by Gasteiger charge is 2.45. The van der Waals surface area contributed by atoms with E-state index in [1.165, 1.54) is 0 Å². The Labute approximate surface area is 80.7 Å². The van der Waals surface area contributed by atoms with Crippen LogP contribution in [0.5, 0.6) is 0 Å². The fourth-order valence-corrected chi connectivity index (χ4v) is 1.49. The molecule has 0 aromatic heterocycles. The third-order valence-corrected chi connectivity index (χ3v) is 2.36. The molecule has 4 N–H and O–H groups in total. The summed E-state index contributed by atoms with van der Waals surface area (Å²) >= 11 is 0. The van der Waals surface area contributed by atoms with Gasteiger partial charge in [0, 0.05) is 0 Å². The lowest BCUT2D eigenvalue weighted by Crippen LogP contribution is -2.59. The highest BCUT2D eigenvalue weighted by Crippen LogP contribution is 2.23. The van der Waals surface area contributed by atoms with Crippen LogP contribution in [0.4, 0.5) is 0 Å². The molecule has 1 aliphatic heterocycles. The summed E-state index contributed by atoms with van der Waals surface area (Å²) in [5.41, 5.74) is 0. The topological polar surface area (TPSA) is 107 Å². The van der Waals surface area contributed by atoms with Crippen molar-refractivity contribution < 1.29 is 30.0 Å². The van der Waals surface area contributed by atoms with Crippen LogP contribution in [0, 0.1) is 0 Å². The SMILES string of the molecule is CC[C@@H]1OC(C(=O)O)[C@H](O)[C@H](O)C1O. The molecule has 1 aliphatic rings. The summed E-state index contributed by atoms with van der Waals surface area (Å²) in [6.07, 6.45) is -6.17. The molecular weight excluding hydrogens is 192 g/mol. The summed E-state index contributed by atoms with van der Waals surface area (Å²) in [4.78, 5) is 10.6. The molecule has 6 heteroatoms. The lowest BCUT2D eigenvalue weighted by atomic mass is 9.94. The second-order valence-corrected chi connectivity index (χ2v) is 3.31. The number of aliphatic hydroxyl groups excluding tert-OH is 3. The molecule has 1 rings (SSSR count). The van der Waals surface area contributed by atoms with E-state index in [9.17, 15) is 20.1 Å². The molecule has 0 saturated carbocycles. The Bertz CT molecular complexity index is 216. The van der Waals surface area contributed by atoms with Gasteiger partial charge in [-0.15, -0.1) is 0 Å². The van der Waals surface area contributed by atoms with Gasteiger partial charge in [-0.05, 0) is 6.42 Å². The molecule has 0 aliphatic carbocycles. The first-order valence-electron chi connectivity index (χ1n) is 4.41. The number of rotatable bonds is 2. The van der Waals surface area contributed by atoms with E-state index in [1.54, 1.807) is 6.92 Å². The molecule has 0 aromatic carbocycles. The summed E-state index contributed by atoms with van der Waals surface area (Å²) < 4.78 is 4.93. The fraction of sp³-hybridized carbons (Fsp3) is 0.875. The largest absolute Gasteiger partial charge is 0.479 e. The van der Waals surface area contributed by atoms with Gasteiger partial charge in [-0.25, -0.2) is 4.79 Å². The van der Waals surface area contributed by atoms with Crippen LogP contribution < -0.4 is 0 Å². The van der Waals surface area contributed by atoms with Crippen molar-refractivity contribution in [1.29, 1.82) is 0 Å². The average molecular weight is 206 g/mol. The molecule has 0 spiro atoms. The minimum absolute atomic E-state index is 0.370. The van der Waals surface area contributed by atoms with E-state index in [4.69, 9.17) is 9.84 Å². The molecule has 1 heterocycles. The predicted octanol–water partition coefficient (Wildman–Crippen LogP) is -1.67. The summed E-state index contributed by atoms with van der Waals surface area (Å²) in [6.45, 7) is 1.69. The molecule has 0 amide bonds. The monoisotopic (exact) mass is 206 g/mol. The van der Waals surface area contributed by atoms with Crippen molar-refractivity contribution in [2.24, 2.45) is 0 Å². The van der Waals surface area contributed by atoms with Gasteiger partial charge < -0.3 is 25.2 Å². The maximum absolute atomic E-state index is 10.6. The van der Waals surface area contributed by atoms with Crippen LogP contribution in [0.2, 0.25) is 0 Å². The van der Waals surface area contributed by atoms with Crippen LogP contribution in [0.25, 0.3) is 0 Å². The second-order valence-electron chi connectivity index (χ2n) is 3.31.